The Bertz CT molecular complexity index is 1250. The van der Waals surface area contributed by atoms with Crippen LogP contribution in [0.5, 0.6) is 0 Å². The van der Waals surface area contributed by atoms with Crippen LogP contribution in [-0.4, -0.2) is 41.7 Å². The molecule has 1 amide bonds. The molecule has 0 bridgehead atoms. The van der Waals surface area contributed by atoms with Crippen LogP contribution in [0.2, 0.25) is 0 Å². The molecule has 7 nitrogen and oxygen atoms in total. The van der Waals surface area contributed by atoms with Crippen molar-refractivity contribution in [2.45, 2.75) is 43.4 Å². The lowest BCUT2D eigenvalue weighted by atomic mass is 9.90. The van der Waals surface area contributed by atoms with Crippen molar-refractivity contribution in [2.75, 3.05) is 18.4 Å². The molecule has 172 valence electrons. The van der Waals surface area contributed by atoms with E-state index >= 15 is 0 Å². The molecule has 2 aromatic heterocycles. The van der Waals surface area contributed by atoms with Gasteiger partial charge in [-0.1, -0.05) is 12.1 Å². The quantitative estimate of drug-likeness (QED) is 0.591. The van der Waals surface area contributed by atoms with E-state index in [2.05, 4.69) is 33.5 Å². The molecule has 9 heteroatoms. The highest BCUT2D eigenvalue weighted by Crippen LogP contribution is 2.30. The number of pyridine rings is 1. The standard InChI is InChI=1S/C24H26N4O3S2/c29-23(18-9-12-28(13-10-18)33(30,31)21-6-3-11-25-15-21)27-24-26-22(16-32-24)20-8-7-17-4-1-2-5-19(17)14-20/h3,6-8,11,14-16,18H,1-2,4-5,9-10,12-13H2,(H,26,27,29). The topological polar surface area (TPSA) is 92.3 Å². The van der Waals surface area contributed by atoms with Crippen LogP contribution in [0.15, 0.2) is 53.0 Å². The Morgan fingerprint density at radius 1 is 1.09 bits per heavy atom. The van der Waals surface area contributed by atoms with Gasteiger partial charge in [-0.15, -0.1) is 11.3 Å². The number of carbonyl (C=O) groups excluding carboxylic acids is 1. The van der Waals surface area contributed by atoms with Gasteiger partial charge in [0.1, 0.15) is 4.90 Å². The van der Waals surface area contributed by atoms with Crippen LogP contribution in [0.3, 0.4) is 0 Å². The normalized spacial score (nSPS) is 17.5. The first-order valence-electron chi connectivity index (χ1n) is 11.3. The van der Waals surface area contributed by atoms with Gasteiger partial charge in [0.25, 0.3) is 0 Å². The zero-order chi connectivity index (χ0) is 22.8. The van der Waals surface area contributed by atoms with Gasteiger partial charge in [-0.25, -0.2) is 13.4 Å². The highest BCUT2D eigenvalue weighted by atomic mass is 32.2. The van der Waals surface area contributed by atoms with Crippen molar-refractivity contribution in [3.63, 3.8) is 0 Å². The van der Waals surface area contributed by atoms with Crippen LogP contribution < -0.4 is 5.32 Å². The van der Waals surface area contributed by atoms with Crippen LogP contribution in [0, 0.1) is 5.92 Å². The summed E-state index contributed by atoms with van der Waals surface area (Å²) in [5.74, 6) is -0.332. The maximum Gasteiger partial charge on any atom is 0.244 e. The second-order valence-electron chi connectivity index (χ2n) is 8.58. The SMILES string of the molecule is O=C(Nc1nc(-c2ccc3c(c2)CCCC3)cs1)C1CCN(S(=O)(=O)c2cccnc2)CC1. The monoisotopic (exact) mass is 482 g/mol. The molecule has 1 saturated heterocycles. The molecule has 1 aliphatic heterocycles. The van der Waals surface area contributed by atoms with Crippen LogP contribution in [0.1, 0.15) is 36.8 Å². The van der Waals surface area contributed by atoms with Crippen molar-refractivity contribution >= 4 is 32.4 Å². The summed E-state index contributed by atoms with van der Waals surface area (Å²) in [4.78, 5) is 21.5. The fourth-order valence-electron chi connectivity index (χ4n) is 4.57. The molecule has 2 aliphatic rings. The molecular weight excluding hydrogens is 456 g/mol. The summed E-state index contributed by atoms with van der Waals surface area (Å²) in [7, 11) is -3.58. The van der Waals surface area contributed by atoms with Gasteiger partial charge < -0.3 is 5.32 Å². The van der Waals surface area contributed by atoms with Crippen LogP contribution >= 0.6 is 11.3 Å². The predicted octanol–water partition coefficient (Wildman–Crippen LogP) is 4.12. The van der Waals surface area contributed by atoms with Crippen molar-refractivity contribution in [3.8, 4) is 11.3 Å². The number of thiazole rings is 1. The number of nitrogens with zero attached hydrogens (tertiary/aromatic N) is 3. The van der Waals surface area contributed by atoms with Gasteiger partial charge in [0.15, 0.2) is 5.13 Å². The van der Waals surface area contributed by atoms with Crippen LogP contribution in [-0.2, 0) is 27.7 Å². The molecule has 1 N–H and O–H groups in total. The molecule has 1 aliphatic carbocycles. The lowest BCUT2D eigenvalue weighted by Crippen LogP contribution is -2.41. The van der Waals surface area contributed by atoms with Gasteiger partial charge in [-0.05, 0) is 67.9 Å². The molecule has 0 spiro atoms. The molecule has 0 radical (unpaired) electrons. The predicted molar refractivity (Wildman–Crippen MR) is 129 cm³/mol. The molecule has 0 saturated carbocycles. The maximum atomic E-state index is 12.8. The molecule has 33 heavy (non-hydrogen) atoms. The number of fused-ring (bicyclic) bond motifs is 1. The van der Waals surface area contributed by atoms with Crippen molar-refractivity contribution in [3.05, 3.63) is 59.2 Å². The Morgan fingerprint density at radius 3 is 2.64 bits per heavy atom. The summed E-state index contributed by atoms with van der Waals surface area (Å²) < 4.78 is 27.0. The number of aryl methyl sites for hydroxylation is 2. The van der Waals surface area contributed by atoms with Gasteiger partial charge in [0, 0.05) is 42.3 Å². The third kappa shape index (κ3) is 4.71. The Hall–Kier alpha value is -2.62. The number of nitrogens with one attached hydrogen (secondary N) is 1. The number of anilines is 1. The summed E-state index contributed by atoms with van der Waals surface area (Å²) in [5, 5.41) is 5.50. The summed E-state index contributed by atoms with van der Waals surface area (Å²) in [5.41, 5.74) is 4.80. The van der Waals surface area contributed by atoms with E-state index in [1.165, 1.54) is 45.8 Å². The Labute approximate surface area is 197 Å². The van der Waals surface area contributed by atoms with E-state index in [1.54, 1.807) is 18.3 Å². The second kappa shape index (κ2) is 9.32. The number of sulfonamides is 1. The average molecular weight is 483 g/mol. The Balaban J connectivity index is 1.20. The number of piperidine rings is 1. The molecule has 1 aromatic carbocycles. The van der Waals surface area contributed by atoms with Gasteiger partial charge in [0.05, 0.1) is 5.69 Å². The lowest BCUT2D eigenvalue weighted by molar-refractivity contribution is -0.120. The highest BCUT2D eigenvalue weighted by Gasteiger charge is 2.32. The molecule has 3 heterocycles. The van der Waals surface area contributed by atoms with E-state index in [9.17, 15) is 13.2 Å². The summed E-state index contributed by atoms with van der Waals surface area (Å²) in [6.07, 6.45) is 8.62. The first-order chi connectivity index (χ1) is 16.0. The molecular formula is C24H26N4O3S2. The van der Waals surface area contributed by atoms with Crippen molar-refractivity contribution in [1.82, 2.24) is 14.3 Å². The summed E-state index contributed by atoms with van der Waals surface area (Å²) in [6, 6.07) is 9.70. The lowest BCUT2D eigenvalue weighted by Gasteiger charge is -2.30. The van der Waals surface area contributed by atoms with E-state index in [-0.39, 0.29) is 16.7 Å². The molecule has 0 atom stereocenters. The number of amides is 1. The fraction of sp³-hybridized carbons (Fsp3) is 0.375. The summed E-state index contributed by atoms with van der Waals surface area (Å²) in [6.45, 7) is 0.626. The zero-order valence-electron chi connectivity index (χ0n) is 18.2. The van der Waals surface area contributed by atoms with Crippen LogP contribution in [0.4, 0.5) is 5.13 Å². The second-order valence-corrected chi connectivity index (χ2v) is 11.4. The minimum absolute atomic E-state index is 0.0974. The number of hydrogen-bond donors (Lipinski definition) is 1. The average Bonchev–Trinajstić information content (AvgIpc) is 3.33. The van der Waals surface area contributed by atoms with E-state index < -0.39 is 10.0 Å². The van der Waals surface area contributed by atoms with Gasteiger partial charge >= 0.3 is 0 Å². The maximum absolute atomic E-state index is 12.8. The first kappa shape index (κ1) is 22.2. The number of carbonyl (C=O) groups is 1. The largest absolute Gasteiger partial charge is 0.302 e. The molecule has 3 aromatic rings. The minimum Gasteiger partial charge on any atom is -0.302 e. The van der Waals surface area contributed by atoms with Gasteiger partial charge in [-0.3, -0.25) is 9.78 Å². The van der Waals surface area contributed by atoms with Crippen molar-refractivity contribution in [1.29, 1.82) is 0 Å². The Morgan fingerprint density at radius 2 is 1.88 bits per heavy atom. The number of aromatic nitrogens is 2. The fourth-order valence-corrected chi connectivity index (χ4v) is 6.73. The number of hydrogen-bond acceptors (Lipinski definition) is 6. The third-order valence-corrected chi connectivity index (χ3v) is 9.12. The molecule has 0 unspecified atom stereocenters. The first-order valence-corrected chi connectivity index (χ1v) is 13.6. The summed E-state index contributed by atoms with van der Waals surface area (Å²) >= 11 is 1.42. The minimum atomic E-state index is -3.58. The van der Waals surface area contributed by atoms with Crippen molar-refractivity contribution in [2.24, 2.45) is 5.92 Å². The van der Waals surface area contributed by atoms with Crippen LogP contribution in [0.25, 0.3) is 11.3 Å². The Kier molecular flexibility index (Phi) is 6.27. The smallest absolute Gasteiger partial charge is 0.244 e. The molecule has 5 rings (SSSR count). The van der Waals surface area contributed by atoms with E-state index in [0.29, 0.717) is 31.1 Å². The third-order valence-electron chi connectivity index (χ3n) is 6.48. The number of rotatable bonds is 5. The van der Waals surface area contributed by atoms with Gasteiger partial charge in [0.2, 0.25) is 15.9 Å². The highest BCUT2D eigenvalue weighted by molar-refractivity contribution is 7.89. The number of benzene rings is 1. The van der Waals surface area contributed by atoms with E-state index in [1.807, 2.05) is 5.38 Å². The van der Waals surface area contributed by atoms with E-state index in [0.717, 1.165) is 24.1 Å². The van der Waals surface area contributed by atoms with Crippen molar-refractivity contribution < 1.29 is 13.2 Å². The van der Waals surface area contributed by atoms with E-state index in [4.69, 9.17) is 0 Å². The molecule has 1 fully saturated rings. The van der Waals surface area contributed by atoms with Gasteiger partial charge in [-0.2, -0.15) is 4.31 Å². The zero-order valence-corrected chi connectivity index (χ0v) is 19.9.